The Morgan fingerprint density at radius 1 is 1.45 bits per heavy atom. The van der Waals surface area contributed by atoms with Gasteiger partial charge in [0.1, 0.15) is 21.5 Å². The second-order valence-electron chi connectivity index (χ2n) is 5.48. The maximum atomic E-state index is 11.7. The highest BCUT2D eigenvalue weighted by Gasteiger charge is 2.29. The first-order valence-electron chi connectivity index (χ1n) is 6.63. The number of thiophene rings is 1. The first-order valence-corrected chi connectivity index (χ1v) is 7.45. The molecule has 1 aromatic heterocycles. The highest BCUT2D eigenvalue weighted by atomic mass is 32.1. The molecule has 20 heavy (non-hydrogen) atoms. The smallest absolute Gasteiger partial charge is 0.350 e. The van der Waals surface area contributed by atoms with Crippen molar-refractivity contribution in [1.29, 1.82) is 5.26 Å². The van der Waals surface area contributed by atoms with E-state index >= 15 is 0 Å². The molecule has 2 heterocycles. The molecule has 0 saturated carbocycles. The van der Waals surface area contributed by atoms with Gasteiger partial charge in [-0.15, -0.1) is 11.3 Å². The van der Waals surface area contributed by atoms with E-state index in [9.17, 15) is 10.1 Å². The van der Waals surface area contributed by atoms with Crippen molar-refractivity contribution in [3.63, 3.8) is 0 Å². The van der Waals surface area contributed by atoms with E-state index in [2.05, 4.69) is 24.8 Å². The molecule has 2 rings (SSSR count). The predicted molar refractivity (Wildman–Crippen MR) is 79.9 cm³/mol. The molecule has 0 bridgehead atoms. The Bertz CT molecular complexity index is 552. The number of hydrogen-bond donors (Lipinski definition) is 1. The van der Waals surface area contributed by atoms with Gasteiger partial charge in [-0.05, 0) is 18.3 Å². The fourth-order valence-electron chi connectivity index (χ4n) is 2.84. The molecule has 2 unspecified atom stereocenters. The summed E-state index contributed by atoms with van der Waals surface area (Å²) < 4.78 is 4.72. The number of nitrogen functional groups attached to an aromatic ring is 1. The van der Waals surface area contributed by atoms with Crippen LogP contribution < -0.4 is 10.6 Å². The van der Waals surface area contributed by atoms with Crippen molar-refractivity contribution < 1.29 is 9.53 Å². The number of rotatable bonds is 2. The number of nitrogens with two attached hydrogens (primary N) is 1. The highest BCUT2D eigenvalue weighted by molar-refractivity contribution is 7.18. The molecule has 0 radical (unpaired) electrons. The Kier molecular flexibility index (Phi) is 4.19. The molecule has 6 heteroatoms. The summed E-state index contributed by atoms with van der Waals surface area (Å²) in [7, 11) is 1.32. The van der Waals surface area contributed by atoms with E-state index in [1.54, 1.807) is 0 Å². The lowest BCUT2D eigenvalue weighted by atomic mass is 9.92. The maximum Gasteiger partial charge on any atom is 0.350 e. The van der Waals surface area contributed by atoms with Crippen LogP contribution in [0.1, 0.15) is 35.5 Å². The van der Waals surface area contributed by atoms with Gasteiger partial charge < -0.3 is 15.4 Å². The zero-order valence-corrected chi connectivity index (χ0v) is 12.8. The molecule has 108 valence electrons. The summed E-state index contributed by atoms with van der Waals surface area (Å²) in [5, 5.41) is 10.1. The van der Waals surface area contributed by atoms with Crippen LogP contribution in [-0.2, 0) is 4.74 Å². The number of ether oxygens (including phenoxy) is 1. The van der Waals surface area contributed by atoms with E-state index in [0.29, 0.717) is 22.3 Å². The van der Waals surface area contributed by atoms with Crippen LogP contribution in [0.25, 0.3) is 0 Å². The lowest BCUT2D eigenvalue weighted by molar-refractivity contribution is 0.0607. The summed E-state index contributed by atoms with van der Waals surface area (Å²) >= 11 is 1.26. The number of carbonyl (C=O) groups excluding carboxylic acids is 1. The van der Waals surface area contributed by atoms with E-state index in [1.807, 2.05) is 0 Å². The summed E-state index contributed by atoms with van der Waals surface area (Å²) in [5.41, 5.74) is 6.57. The Morgan fingerprint density at radius 3 is 2.55 bits per heavy atom. The van der Waals surface area contributed by atoms with Crippen LogP contribution in [0.15, 0.2) is 0 Å². The molecule has 0 amide bonds. The Morgan fingerprint density at radius 2 is 2.05 bits per heavy atom. The molecular formula is C14H19N3O2S. The van der Waals surface area contributed by atoms with Gasteiger partial charge in [0.05, 0.1) is 12.8 Å². The van der Waals surface area contributed by atoms with Crippen molar-refractivity contribution in [2.24, 2.45) is 11.8 Å². The minimum Gasteiger partial charge on any atom is -0.465 e. The summed E-state index contributed by atoms with van der Waals surface area (Å²) in [6, 6.07) is 2.13. The van der Waals surface area contributed by atoms with Crippen LogP contribution in [-0.4, -0.2) is 26.2 Å². The normalized spacial score (nSPS) is 22.4. The molecule has 5 nitrogen and oxygen atoms in total. The largest absolute Gasteiger partial charge is 0.465 e. The molecule has 0 aromatic carbocycles. The third-order valence-corrected chi connectivity index (χ3v) is 4.81. The fraction of sp³-hybridized carbons (Fsp3) is 0.571. The second-order valence-corrected chi connectivity index (χ2v) is 6.48. The minimum absolute atomic E-state index is 0.241. The maximum absolute atomic E-state index is 11.7. The van der Waals surface area contributed by atoms with Crippen molar-refractivity contribution in [3.8, 4) is 6.07 Å². The van der Waals surface area contributed by atoms with Crippen molar-refractivity contribution in [3.05, 3.63) is 10.4 Å². The van der Waals surface area contributed by atoms with E-state index in [0.717, 1.165) is 18.1 Å². The molecule has 1 fully saturated rings. The zero-order valence-electron chi connectivity index (χ0n) is 12.0. The highest BCUT2D eigenvalue weighted by Crippen LogP contribution is 2.40. The number of hydrogen-bond acceptors (Lipinski definition) is 6. The van der Waals surface area contributed by atoms with Crippen LogP contribution >= 0.6 is 11.3 Å². The third-order valence-electron chi connectivity index (χ3n) is 3.57. The third kappa shape index (κ3) is 2.59. The molecule has 0 aliphatic carbocycles. The second kappa shape index (κ2) is 5.71. The Hall–Kier alpha value is -1.74. The average Bonchev–Trinajstić information content (AvgIpc) is 2.73. The Labute approximate surface area is 122 Å². The molecule has 1 saturated heterocycles. The first-order chi connectivity index (χ1) is 9.47. The topological polar surface area (TPSA) is 79.3 Å². The number of nitrogens with zero attached hydrogens (tertiary/aromatic N) is 2. The molecule has 0 spiro atoms. The van der Waals surface area contributed by atoms with Gasteiger partial charge in [0.2, 0.25) is 0 Å². The number of nitriles is 1. The lowest BCUT2D eigenvalue weighted by Gasteiger charge is -2.35. The van der Waals surface area contributed by atoms with Crippen molar-refractivity contribution >= 4 is 28.0 Å². The fourth-order valence-corrected chi connectivity index (χ4v) is 3.94. The molecular weight excluding hydrogens is 274 g/mol. The predicted octanol–water partition coefficient (Wildman–Crippen LogP) is 2.47. The summed E-state index contributed by atoms with van der Waals surface area (Å²) in [5.74, 6) is 0.652. The Balaban J connectivity index is 2.41. The number of carbonyl (C=O) groups is 1. The summed E-state index contributed by atoms with van der Waals surface area (Å²) in [6.45, 7) is 6.18. The van der Waals surface area contributed by atoms with Crippen LogP contribution in [0.3, 0.4) is 0 Å². The zero-order chi connectivity index (χ0) is 14.9. The van der Waals surface area contributed by atoms with Gasteiger partial charge in [0, 0.05) is 13.1 Å². The van der Waals surface area contributed by atoms with E-state index in [1.165, 1.54) is 24.9 Å². The van der Waals surface area contributed by atoms with Gasteiger partial charge in [-0.1, -0.05) is 13.8 Å². The molecule has 1 aliphatic rings. The van der Waals surface area contributed by atoms with Gasteiger partial charge in [-0.25, -0.2) is 4.79 Å². The number of anilines is 2. The van der Waals surface area contributed by atoms with Crippen molar-refractivity contribution in [1.82, 2.24) is 0 Å². The van der Waals surface area contributed by atoms with E-state index in [4.69, 9.17) is 10.5 Å². The van der Waals surface area contributed by atoms with Crippen molar-refractivity contribution in [2.75, 3.05) is 30.8 Å². The van der Waals surface area contributed by atoms with E-state index in [-0.39, 0.29) is 5.69 Å². The molecule has 1 aliphatic heterocycles. The average molecular weight is 293 g/mol. The summed E-state index contributed by atoms with van der Waals surface area (Å²) in [6.07, 6.45) is 1.18. The van der Waals surface area contributed by atoms with Gasteiger partial charge in [-0.2, -0.15) is 5.26 Å². The minimum atomic E-state index is -0.478. The molecule has 2 atom stereocenters. The van der Waals surface area contributed by atoms with Gasteiger partial charge >= 0.3 is 5.97 Å². The quantitative estimate of drug-likeness (QED) is 0.847. The van der Waals surface area contributed by atoms with E-state index < -0.39 is 5.97 Å². The summed E-state index contributed by atoms with van der Waals surface area (Å²) in [4.78, 5) is 14.2. The van der Waals surface area contributed by atoms with Crippen molar-refractivity contribution in [2.45, 2.75) is 20.3 Å². The SMILES string of the molecule is COC(=O)c1sc(N2CC(C)CC(C)C2)c(C#N)c1N. The monoisotopic (exact) mass is 293 g/mol. The van der Waals surface area contributed by atoms with Crippen LogP contribution in [0, 0.1) is 23.2 Å². The van der Waals surface area contributed by atoms with Crippen LogP contribution in [0.2, 0.25) is 0 Å². The van der Waals surface area contributed by atoms with Crippen LogP contribution in [0.5, 0.6) is 0 Å². The number of esters is 1. The van der Waals surface area contributed by atoms with Crippen LogP contribution in [0.4, 0.5) is 10.7 Å². The first kappa shape index (κ1) is 14.7. The lowest BCUT2D eigenvalue weighted by Crippen LogP contribution is -2.38. The molecule has 1 aromatic rings. The van der Waals surface area contributed by atoms with Gasteiger partial charge in [-0.3, -0.25) is 0 Å². The number of methoxy groups -OCH3 is 1. The number of piperidine rings is 1. The van der Waals surface area contributed by atoms with Gasteiger partial charge in [0.25, 0.3) is 0 Å². The standard InChI is InChI=1S/C14H19N3O2S/c1-8-4-9(2)7-17(6-8)13-10(5-15)11(16)12(20-13)14(18)19-3/h8-9H,4,6-7,16H2,1-3H3. The molecule has 2 N–H and O–H groups in total. The van der Waals surface area contributed by atoms with Gasteiger partial charge in [0.15, 0.2) is 0 Å².